The molecule has 0 aliphatic heterocycles. The average Bonchev–Trinajstić information content (AvgIpc) is 2.74. The Bertz CT molecular complexity index is 703. The first-order valence-electron chi connectivity index (χ1n) is 11.4. The van der Waals surface area contributed by atoms with E-state index in [1.54, 1.807) is 13.0 Å². The van der Waals surface area contributed by atoms with Crippen molar-refractivity contribution >= 4 is 11.9 Å². The van der Waals surface area contributed by atoms with Gasteiger partial charge in [0.05, 0.1) is 24.3 Å². The van der Waals surface area contributed by atoms with E-state index < -0.39 is 18.2 Å². The van der Waals surface area contributed by atoms with Gasteiger partial charge < -0.3 is 29.2 Å². The molecule has 1 rings (SSSR count). The molecule has 8 nitrogen and oxygen atoms in total. The molecule has 0 radical (unpaired) electrons. The van der Waals surface area contributed by atoms with E-state index >= 15 is 0 Å². The smallest absolute Gasteiger partial charge is 0.336 e. The minimum atomic E-state index is -1.28. The lowest BCUT2D eigenvalue weighted by atomic mass is 9.92. The standard InChI is InChI=1S/C24H38O8/c1-5-7-13-29-17(3)31-15-11-19-9-10-21(23(25)26)22(24(27)28)20(19)12-16-32-18(4)30-14-8-6-2/h9-10,17-18H,5-8,11-16H2,1-4H3,(H,25,26)(H,27,28). The lowest BCUT2D eigenvalue weighted by Gasteiger charge is -2.18. The van der Waals surface area contributed by atoms with Gasteiger partial charge in [-0.15, -0.1) is 0 Å². The predicted octanol–water partition coefficient (Wildman–Crippen LogP) is 4.53. The highest BCUT2D eigenvalue weighted by molar-refractivity contribution is 6.03. The predicted molar refractivity (Wildman–Crippen MR) is 120 cm³/mol. The second-order valence-electron chi connectivity index (χ2n) is 7.56. The molecule has 0 fully saturated rings. The molecular formula is C24H38O8. The van der Waals surface area contributed by atoms with Gasteiger partial charge in [-0.25, -0.2) is 9.59 Å². The Balaban J connectivity index is 2.88. The van der Waals surface area contributed by atoms with Crippen LogP contribution in [0.3, 0.4) is 0 Å². The molecule has 1 aromatic carbocycles. The summed E-state index contributed by atoms with van der Waals surface area (Å²) in [5, 5.41) is 19.2. The van der Waals surface area contributed by atoms with Crippen molar-refractivity contribution in [2.75, 3.05) is 26.4 Å². The maximum absolute atomic E-state index is 11.9. The minimum absolute atomic E-state index is 0.203. The van der Waals surface area contributed by atoms with Crippen LogP contribution >= 0.6 is 0 Å². The highest BCUT2D eigenvalue weighted by Gasteiger charge is 2.23. The highest BCUT2D eigenvalue weighted by Crippen LogP contribution is 2.22. The van der Waals surface area contributed by atoms with Crippen molar-refractivity contribution in [1.82, 2.24) is 0 Å². The Hall–Kier alpha value is -2.00. The Kier molecular flexibility index (Phi) is 13.8. The van der Waals surface area contributed by atoms with Crippen molar-refractivity contribution < 1.29 is 38.7 Å². The van der Waals surface area contributed by atoms with Crippen LogP contribution < -0.4 is 0 Å². The molecule has 32 heavy (non-hydrogen) atoms. The fourth-order valence-electron chi connectivity index (χ4n) is 3.18. The van der Waals surface area contributed by atoms with Crippen molar-refractivity contribution in [1.29, 1.82) is 0 Å². The van der Waals surface area contributed by atoms with Crippen molar-refractivity contribution in [2.24, 2.45) is 0 Å². The van der Waals surface area contributed by atoms with Crippen LogP contribution in [0.15, 0.2) is 12.1 Å². The van der Waals surface area contributed by atoms with E-state index in [0.29, 0.717) is 31.8 Å². The topological polar surface area (TPSA) is 112 Å². The van der Waals surface area contributed by atoms with Gasteiger partial charge in [-0.1, -0.05) is 32.8 Å². The molecular weight excluding hydrogens is 416 g/mol. The number of carbonyl (C=O) groups is 2. The van der Waals surface area contributed by atoms with Gasteiger partial charge in [0.25, 0.3) is 0 Å². The van der Waals surface area contributed by atoms with Gasteiger partial charge in [0.1, 0.15) is 0 Å². The van der Waals surface area contributed by atoms with E-state index in [9.17, 15) is 19.8 Å². The van der Waals surface area contributed by atoms with Gasteiger partial charge in [0.15, 0.2) is 12.6 Å². The van der Waals surface area contributed by atoms with Crippen LogP contribution in [0.5, 0.6) is 0 Å². The monoisotopic (exact) mass is 454 g/mol. The zero-order valence-electron chi connectivity index (χ0n) is 19.7. The van der Waals surface area contributed by atoms with Crippen molar-refractivity contribution in [3.63, 3.8) is 0 Å². The first kappa shape index (κ1) is 28.0. The fraction of sp³-hybridized carbons (Fsp3) is 0.667. The number of hydrogen-bond acceptors (Lipinski definition) is 6. The van der Waals surface area contributed by atoms with Gasteiger partial charge in [0.2, 0.25) is 0 Å². The summed E-state index contributed by atoms with van der Waals surface area (Å²) < 4.78 is 22.5. The third kappa shape index (κ3) is 10.1. The molecule has 2 N–H and O–H groups in total. The molecule has 2 unspecified atom stereocenters. The quantitative estimate of drug-likeness (QED) is 0.246. The Morgan fingerprint density at radius 1 is 0.781 bits per heavy atom. The van der Waals surface area contributed by atoms with E-state index in [0.717, 1.165) is 31.2 Å². The van der Waals surface area contributed by atoms with Gasteiger partial charge in [-0.3, -0.25) is 0 Å². The maximum Gasteiger partial charge on any atom is 0.336 e. The number of carboxylic acid groups (broad SMARTS) is 2. The zero-order chi connectivity index (χ0) is 23.9. The number of unbranched alkanes of at least 4 members (excludes halogenated alkanes) is 2. The largest absolute Gasteiger partial charge is 0.478 e. The lowest BCUT2D eigenvalue weighted by molar-refractivity contribution is -0.131. The molecule has 0 heterocycles. The third-order valence-electron chi connectivity index (χ3n) is 4.98. The van der Waals surface area contributed by atoms with E-state index in [4.69, 9.17) is 18.9 Å². The number of carboxylic acids is 2. The second-order valence-corrected chi connectivity index (χ2v) is 7.56. The summed E-state index contributed by atoms with van der Waals surface area (Å²) in [7, 11) is 0. The molecule has 0 amide bonds. The number of benzene rings is 1. The van der Waals surface area contributed by atoms with Gasteiger partial charge >= 0.3 is 11.9 Å². The summed E-state index contributed by atoms with van der Waals surface area (Å²) in [5.74, 6) is -2.55. The van der Waals surface area contributed by atoms with Crippen molar-refractivity contribution in [2.45, 2.75) is 78.8 Å². The minimum Gasteiger partial charge on any atom is -0.478 e. The number of rotatable bonds is 18. The Morgan fingerprint density at radius 2 is 1.28 bits per heavy atom. The molecule has 182 valence electrons. The number of aromatic carboxylic acids is 2. The van der Waals surface area contributed by atoms with Crippen LogP contribution in [-0.2, 0) is 31.8 Å². The molecule has 1 aromatic rings. The normalized spacial score (nSPS) is 13.1. The van der Waals surface area contributed by atoms with E-state index in [1.165, 1.54) is 6.07 Å². The third-order valence-corrected chi connectivity index (χ3v) is 4.98. The van der Waals surface area contributed by atoms with Crippen LogP contribution in [0.25, 0.3) is 0 Å². The number of ether oxygens (including phenoxy) is 4. The average molecular weight is 455 g/mol. The van der Waals surface area contributed by atoms with Crippen LogP contribution in [0.1, 0.15) is 85.2 Å². The SMILES string of the molecule is CCCCOC(C)OCCc1ccc(C(=O)O)c(C(=O)O)c1CCOC(C)OCCCC. The zero-order valence-corrected chi connectivity index (χ0v) is 19.7. The van der Waals surface area contributed by atoms with E-state index in [1.807, 2.05) is 6.92 Å². The van der Waals surface area contributed by atoms with Crippen molar-refractivity contribution in [3.05, 3.63) is 34.4 Å². The molecule has 2 atom stereocenters. The van der Waals surface area contributed by atoms with Crippen LogP contribution in [0, 0.1) is 0 Å². The molecule has 0 aliphatic rings. The molecule has 0 bridgehead atoms. The summed E-state index contributed by atoms with van der Waals surface area (Å²) in [5.41, 5.74) is 0.726. The molecule has 0 aromatic heterocycles. The lowest BCUT2D eigenvalue weighted by Crippen LogP contribution is -2.20. The van der Waals surface area contributed by atoms with Crippen LogP contribution in [0.4, 0.5) is 0 Å². The number of hydrogen-bond donors (Lipinski definition) is 2. The Labute approximate surface area is 190 Å². The molecule has 0 spiro atoms. The van der Waals surface area contributed by atoms with Crippen LogP contribution in [-0.4, -0.2) is 61.2 Å². The first-order valence-corrected chi connectivity index (χ1v) is 11.4. The second kappa shape index (κ2) is 15.7. The molecule has 0 saturated carbocycles. The highest BCUT2D eigenvalue weighted by atomic mass is 16.7. The van der Waals surface area contributed by atoms with Crippen molar-refractivity contribution in [3.8, 4) is 0 Å². The summed E-state index contributed by atoms with van der Waals surface area (Å²) in [6.45, 7) is 9.50. The van der Waals surface area contributed by atoms with Gasteiger partial charge in [-0.2, -0.15) is 0 Å². The molecule has 0 aliphatic carbocycles. The van der Waals surface area contributed by atoms with Gasteiger partial charge in [-0.05, 0) is 56.7 Å². The molecule has 0 saturated heterocycles. The Morgan fingerprint density at radius 3 is 1.75 bits per heavy atom. The summed E-state index contributed by atoms with van der Waals surface area (Å²) in [6, 6.07) is 2.99. The fourth-order valence-corrected chi connectivity index (χ4v) is 3.18. The summed E-state index contributed by atoms with van der Waals surface area (Å²) in [4.78, 5) is 23.5. The van der Waals surface area contributed by atoms with Gasteiger partial charge in [0, 0.05) is 13.2 Å². The maximum atomic E-state index is 11.9. The first-order chi connectivity index (χ1) is 15.3. The van der Waals surface area contributed by atoms with Crippen LogP contribution in [0.2, 0.25) is 0 Å². The molecule has 8 heteroatoms. The van der Waals surface area contributed by atoms with E-state index in [2.05, 4.69) is 13.8 Å². The summed E-state index contributed by atoms with van der Waals surface area (Å²) in [6.07, 6.45) is 3.83. The van der Waals surface area contributed by atoms with E-state index in [-0.39, 0.29) is 30.4 Å². The summed E-state index contributed by atoms with van der Waals surface area (Å²) >= 11 is 0.